The van der Waals surface area contributed by atoms with Crippen LogP contribution in [0.1, 0.15) is 39.5 Å². The molecule has 2 aliphatic rings. The molecule has 3 atom stereocenters. The lowest BCUT2D eigenvalue weighted by Gasteiger charge is -2.38. The SMILES string of the molecule is C[C@@H]1CCCCN1[C@H](C)CNC(=O)NC[C@@H]1CCN(c2ccccc2)C1. The van der Waals surface area contributed by atoms with Gasteiger partial charge in [0.15, 0.2) is 0 Å². The number of carbonyl (C=O) groups is 1. The third-order valence-corrected chi connectivity index (χ3v) is 5.94. The number of nitrogens with zero attached hydrogens (tertiary/aromatic N) is 2. The molecule has 0 saturated carbocycles. The molecule has 26 heavy (non-hydrogen) atoms. The van der Waals surface area contributed by atoms with E-state index in [-0.39, 0.29) is 6.03 Å². The number of carbonyl (C=O) groups excluding carboxylic acids is 1. The number of nitrogens with one attached hydrogen (secondary N) is 2. The zero-order chi connectivity index (χ0) is 18.4. The van der Waals surface area contributed by atoms with Gasteiger partial charge in [-0.3, -0.25) is 4.90 Å². The van der Waals surface area contributed by atoms with Crippen LogP contribution >= 0.6 is 0 Å². The van der Waals surface area contributed by atoms with Crippen LogP contribution in [0.4, 0.5) is 10.5 Å². The fourth-order valence-electron chi connectivity index (χ4n) is 4.30. The summed E-state index contributed by atoms with van der Waals surface area (Å²) in [5, 5.41) is 6.13. The van der Waals surface area contributed by atoms with E-state index in [1.54, 1.807) is 0 Å². The first-order valence-electron chi connectivity index (χ1n) is 10.2. The molecule has 5 heteroatoms. The summed E-state index contributed by atoms with van der Waals surface area (Å²) < 4.78 is 0. The molecule has 0 aromatic heterocycles. The second-order valence-corrected chi connectivity index (χ2v) is 7.96. The van der Waals surface area contributed by atoms with Crippen molar-refractivity contribution in [3.63, 3.8) is 0 Å². The zero-order valence-corrected chi connectivity index (χ0v) is 16.3. The maximum atomic E-state index is 12.2. The van der Waals surface area contributed by atoms with Gasteiger partial charge in [0.25, 0.3) is 0 Å². The van der Waals surface area contributed by atoms with Crippen molar-refractivity contribution in [2.24, 2.45) is 5.92 Å². The Morgan fingerprint density at radius 3 is 2.73 bits per heavy atom. The van der Waals surface area contributed by atoms with Crippen LogP contribution in [-0.4, -0.2) is 55.7 Å². The maximum absolute atomic E-state index is 12.2. The molecule has 2 N–H and O–H groups in total. The summed E-state index contributed by atoms with van der Waals surface area (Å²) in [6, 6.07) is 11.5. The standard InChI is InChI=1S/C21H34N4O/c1-17-8-6-7-12-25(17)18(2)14-22-21(26)23-15-19-11-13-24(16-19)20-9-4-3-5-10-20/h3-5,9-10,17-19H,6-8,11-16H2,1-2H3,(H2,22,23,26)/t17-,18-,19+/m1/s1. The minimum absolute atomic E-state index is 0.0281. The first kappa shape index (κ1) is 19.0. The normalized spacial score (nSPS) is 25.1. The Morgan fingerprint density at radius 2 is 1.96 bits per heavy atom. The summed E-state index contributed by atoms with van der Waals surface area (Å²) in [7, 11) is 0. The number of rotatable bonds is 6. The van der Waals surface area contributed by atoms with E-state index in [1.807, 2.05) is 0 Å². The van der Waals surface area contributed by atoms with Crippen molar-refractivity contribution < 1.29 is 4.79 Å². The summed E-state index contributed by atoms with van der Waals surface area (Å²) in [4.78, 5) is 17.1. The molecule has 2 heterocycles. The van der Waals surface area contributed by atoms with E-state index < -0.39 is 0 Å². The van der Waals surface area contributed by atoms with Crippen molar-refractivity contribution in [2.75, 3.05) is 37.6 Å². The molecule has 144 valence electrons. The Morgan fingerprint density at radius 1 is 1.15 bits per heavy atom. The van der Waals surface area contributed by atoms with Crippen LogP contribution in [0, 0.1) is 5.92 Å². The number of anilines is 1. The summed E-state index contributed by atoms with van der Waals surface area (Å²) in [6.45, 7) is 9.24. The lowest BCUT2D eigenvalue weighted by Crippen LogP contribution is -2.50. The largest absolute Gasteiger partial charge is 0.371 e. The molecule has 2 fully saturated rings. The molecular weight excluding hydrogens is 324 g/mol. The van der Waals surface area contributed by atoms with Crippen LogP contribution in [0.3, 0.4) is 0 Å². The first-order valence-corrected chi connectivity index (χ1v) is 10.2. The summed E-state index contributed by atoms with van der Waals surface area (Å²) >= 11 is 0. The highest BCUT2D eigenvalue weighted by atomic mass is 16.2. The minimum Gasteiger partial charge on any atom is -0.371 e. The number of para-hydroxylation sites is 1. The third-order valence-electron chi connectivity index (χ3n) is 5.94. The van der Waals surface area contributed by atoms with Gasteiger partial charge in [-0.2, -0.15) is 0 Å². The highest BCUT2D eigenvalue weighted by molar-refractivity contribution is 5.73. The van der Waals surface area contributed by atoms with Gasteiger partial charge in [0.2, 0.25) is 0 Å². The van der Waals surface area contributed by atoms with Gasteiger partial charge in [0, 0.05) is 44.0 Å². The molecule has 5 nitrogen and oxygen atoms in total. The quantitative estimate of drug-likeness (QED) is 0.822. The highest BCUT2D eigenvalue weighted by Crippen LogP contribution is 2.23. The van der Waals surface area contributed by atoms with E-state index >= 15 is 0 Å². The summed E-state index contributed by atoms with van der Waals surface area (Å²) in [5.41, 5.74) is 1.28. The van der Waals surface area contributed by atoms with E-state index in [4.69, 9.17) is 0 Å². The van der Waals surface area contributed by atoms with Crippen LogP contribution in [0.25, 0.3) is 0 Å². The van der Waals surface area contributed by atoms with E-state index in [1.165, 1.54) is 24.9 Å². The zero-order valence-electron chi connectivity index (χ0n) is 16.3. The van der Waals surface area contributed by atoms with Gasteiger partial charge in [-0.1, -0.05) is 24.6 Å². The number of urea groups is 1. The molecule has 0 unspecified atom stereocenters. The van der Waals surface area contributed by atoms with Crippen molar-refractivity contribution in [3.8, 4) is 0 Å². The number of piperidine rings is 1. The Labute approximate surface area is 158 Å². The average Bonchev–Trinajstić information content (AvgIpc) is 3.14. The fourth-order valence-corrected chi connectivity index (χ4v) is 4.30. The van der Waals surface area contributed by atoms with Gasteiger partial charge in [0.05, 0.1) is 0 Å². The molecule has 2 saturated heterocycles. The summed E-state index contributed by atoms with van der Waals surface area (Å²) in [5.74, 6) is 0.528. The van der Waals surface area contributed by atoms with Crippen LogP contribution in [0.2, 0.25) is 0 Å². The highest BCUT2D eigenvalue weighted by Gasteiger charge is 2.24. The molecule has 0 spiro atoms. The van der Waals surface area contributed by atoms with Crippen LogP contribution in [0.15, 0.2) is 30.3 Å². The predicted molar refractivity (Wildman–Crippen MR) is 108 cm³/mol. The molecule has 2 aliphatic heterocycles. The van der Waals surface area contributed by atoms with Gasteiger partial charge in [-0.15, -0.1) is 0 Å². The summed E-state index contributed by atoms with van der Waals surface area (Å²) in [6.07, 6.45) is 5.02. The fraction of sp³-hybridized carbons (Fsp3) is 0.667. The average molecular weight is 359 g/mol. The number of likely N-dealkylation sites (tertiary alicyclic amines) is 1. The predicted octanol–water partition coefficient (Wildman–Crippen LogP) is 3.08. The van der Waals surface area contributed by atoms with E-state index in [0.29, 0.717) is 18.0 Å². The van der Waals surface area contributed by atoms with Gasteiger partial charge < -0.3 is 15.5 Å². The molecule has 0 aliphatic carbocycles. The third kappa shape index (κ3) is 5.13. The van der Waals surface area contributed by atoms with Crippen LogP contribution in [0.5, 0.6) is 0 Å². The number of hydrogen-bond acceptors (Lipinski definition) is 3. The Hall–Kier alpha value is -1.75. The van der Waals surface area contributed by atoms with E-state index in [9.17, 15) is 4.79 Å². The molecule has 1 aromatic rings. The Balaban J connectivity index is 1.34. The monoisotopic (exact) mass is 358 g/mol. The Kier molecular flexibility index (Phi) is 6.78. The van der Waals surface area contributed by atoms with Crippen molar-refractivity contribution in [3.05, 3.63) is 30.3 Å². The lowest BCUT2D eigenvalue weighted by molar-refractivity contribution is 0.114. The van der Waals surface area contributed by atoms with Crippen molar-refractivity contribution in [2.45, 2.75) is 51.6 Å². The smallest absolute Gasteiger partial charge is 0.314 e. The Bertz CT molecular complexity index is 564. The number of hydrogen-bond donors (Lipinski definition) is 2. The van der Waals surface area contributed by atoms with Crippen molar-refractivity contribution in [1.82, 2.24) is 15.5 Å². The lowest BCUT2D eigenvalue weighted by atomic mass is 10.0. The molecule has 0 radical (unpaired) electrons. The second kappa shape index (κ2) is 9.26. The van der Waals surface area contributed by atoms with Crippen molar-refractivity contribution >= 4 is 11.7 Å². The van der Waals surface area contributed by atoms with Gasteiger partial charge in [0.1, 0.15) is 0 Å². The van der Waals surface area contributed by atoms with Gasteiger partial charge in [-0.25, -0.2) is 4.79 Å². The minimum atomic E-state index is -0.0281. The first-order chi connectivity index (χ1) is 12.6. The van der Waals surface area contributed by atoms with Gasteiger partial charge in [-0.05, 0) is 57.7 Å². The molecule has 3 rings (SSSR count). The molecule has 0 bridgehead atoms. The van der Waals surface area contributed by atoms with Crippen molar-refractivity contribution in [1.29, 1.82) is 0 Å². The van der Waals surface area contributed by atoms with Crippen LogP contribution < -0.4 is 15.5 Å². The maximum Gasteiger partial charge on any atom is 0.314 e. The molecule has 1 aromatic carbocycles. The molecule has 2 amide bonds. The van der Waals surface area contributed by atoms with Crippen LogP contribution in [-0.2, 0) is 0 Å². The molecular formula is C21H34N4O. The van der Waals surface area contributed by atoms with E-state index in [0.717, 1.165) is 39.1 Å². The topological polar surface area (TPSA) is 47.6 Å². The number of benzene rings is 1. The van der Waals surface area contributed by atoms with Gasteiger partial charge >= 0.3 is 6.03 Å². The van der Waals surface area contributed by atoms with E-state index in [2.05, 4.69) is 64.6 Å². The number of amides is 2. The second-order valence-electron chi connectivity index (χ2n) is 7.96.